The zero-order chi connectivity index (χ0) is 18.8. The van der Waals surface area contributed by atoms with E-state index in [2.05, 4.69) is 29.0 Å². The fraction of sp³-hybridized carbons (Fsp3) is 0.500. The van der Waals surface area contributed by atoms with Crippen molar-refractivity contribution in [2.24, 2.45) is 22.4 Å². The molecule has 1 aliphatic carbocycles. The summed E-state index contributed by atoms with van der Waals surface area (Å²) >= 11 is 0. The molecule has 1 saturated heterocycles. The number of allylic oxidation sites excluding steroid dienone is 2. The van der Waals surface area contributed by atoms with Crippen LogP contribution in [-0.4, -0.2) is 48.6 Å². The third-order valence-corrected chi connectivity index (χ3v) is 4.35. The second-order valence-electron chi connectivity index (χ2n) is 6.40. The predicted molar refractivity (Wildman–Crippen MR) is 96.0 cm³/mol. The summed E-state index contributed by atoms with van der Waals surface area (Å²) < 4.78 is 25.9. The molecular formula is C16H24N4O4S. The summed E-state index contributed by atoms with van der Waals surface area (Å²) in [7, 11) is -3.67. The van der Waals surface area contributed by atoms with Crippen molar-refractivity contribution in [3.8, 4) is 0 Å². The monoisotopic (exact) mass is 368 g/mol. The molecule has 8 nitrogen and oxygen atoms in total. The molecule has 0 bridgehead atoms. The number of carbonyl (C=O) groups is 1. The smallest absolute Gasteiger partial charge is 0.296 e. The van der Waals surface area contributed by atoms with E-state index >= 15 is 0 Å². The van der Waals surface area contributed by atoms with E-state index in [-0.39, 0.29) is 23.8 Å². The van der Waals surface area contributed by atoms with E-state index < -0.39 is 10.1 Å². The topological polar surface area (TPSA) is 139 Å². The lowest BCUT2D eigenvalue weighted by Gasteiger charge is -2.33. The Bertz CT molecular complexity index is 768. The van der Waals surface area contributed by atoms with Crippen LogP contribution in [0.1, 0.15) is 26.2 Å². The molecule has 1 amide bonds. The lowest BCUT2D eigenvalue weighted by atomic mass is 9.83. The fourth-order valence-electron chi connectivity index (χ4n) is 3.43. The standard InChI is InChI=1S/C15H20N4O.CH4O3S/c1-9-5-6-10-4-2-3-7-19-12(8-11(9)13(10)19)14(20)18-15(16)17;1-5(2,3)4/h5-6,8,11,13H,2-4,7H2,1H3,(H4,16,17,18,20);1H3,(H,2,3,4). The van der Waals surface area contributed by atoms with E-state index in [0.717, 1.165) is 19.4 Å². The average Bonchev–Trinajstić information content (AvgIpc) is 2.71. The highest BCUT2D eigenvalue weighted by atomic mass is 32.2. The van der Waals surface area contributed by atoms with Gasteiger partial charge in [-0.15, -0.1) is 0 Å². The molecule has 9 heteroatoms. The highest BCUT2D eigenvalue weighted by Crippen LogP contribution is 2.42. The molecule has 0 spiro atoms. The van der Waals surface area contributed by atoms with E-state index in [0.29, 0.717) is 12.0 Å². The van der Waals surface area contributed by atoms with E-state index in [1.807, 2.05) is 6.08 Å². The van der Waals surface area contributed by atoms with Gasteiger partial charge >= 0.3 is 0 Å². The zero-order valence-electron chi connectivity index (χ0n) is 14.3. The number of nitrogens with zero attached hydrogens (tertiary/aromatic N) is 2. The second kappa shape index (κ2) is 7.40. The normalized spacial score (nSPS) is 24.6. The number of amides is 1. The van der Waals surface area contributed by atoms with E-state index in [1.165, 1.54) is 17.6 Å². The zero-order valence-corrected chi connectivity index (χ0v) is 15.2. The van der Waals surface area contributed by atoms with E-state index in [9.17, 15) is 13.2 Å². The first-order chi connectivity index (χ1) is 11.6. The Hall–Kier alpha value is -2.13. The quantitative estimate of drug-likeness (QED) is 0.349. The molecule has 0 saturated carbocycles. The van der Waals surface area contributed by atoms with Crippen LogP contribution >= 0.6 is 0 Å². The first-order valence-corrected chi connectivity index (χ1v) is 9.85. The van der Waals surface area contributed by atoms with Gasteiger partial charge in [-0.25, -0.2) is 0 Å². The highest BCUT2D eigenvalue weighted by Gasteiger charge is 2.41. The molecule has 0 aromatic heterocycles. The number of carbonyl (C=O) groups excluding carboxylic acids is 1. The number of guanidine groups is 1. The molecule has 138 valence electrons. The first-order valence-electron chi connectivity index (χ1n) is 8.00. The number of nitrogens with two attached hydrogens (primary N) is 2. The Labute approximate surface area is 147 Å². The van der Waals surface area contributed by atoms with Crippen molar-refractivity contribution in [3.05, 3.63) is 35.1 Å². The van der Waals surface area contributed by atoms with Gasteiger partial charge in [0.15, 0.2) is 5.96 Å². The lowest BCUT2D eigenvalue weighted by Crippen LogP contribution is -2.38. The molecule has 0 aromatic carbocycles. The molecule has 0 radical (unpaired) electrons. The first kappa shape index (κ1) is 19.2. The third-order valence-electron chi connectivity index (χ3n) is 4.35. The Balaban J connectivity index is 0.000000399. The number of rotatable bonds is 1. The molecule has 25 heavy (non-hydrogen) atoms. The third kappa shape index (κ3) is 4.93. The summed E-state index contributed by atoms with van der Waals surface area (Å²) in [6.45, 7) is 3.01. The van der Waals surface area contributed by atoms with Gasteiger partial charge in [0.1, 0.15) is 5.70 Å². The fourth-order valence-corrected chi connectivity index (χ4v) is 3.43. The van der Waals surface area contributed by atoms with Crippen LogP contribution in [-0.2, 0) is 14.9 Å². The van der Waals surface area contributed by atoms with Crippen molar-refractivity contribution < 1.29 is 17.8 Å². The Morgan fingerprint density at radius 2 is 1.96 bits per heavy atom. The molecular weight excluding hydrogens is 344 g/mol. The maximum Gasteiger partial charge on any atom is 0.296 e. The van der Waals surface area contributed by atoms with Gasteiger partial charge in [0.05, 0.1) is 12.3 Å². The van der Waals surface area contributed by atoms with Gasteiger partial charge in [-0.3, -0.25) is 9.35 Å². The van der Waals surface area contributed by atoms with Crippen molar-refractivity contribution in [2.45, 2.75) is 32.2 Å². The van der Waals surface area contributed by atoms with Gasteiger partial charge in [-0.05, 0) is 37.8 Å². The van der Waals surface area contributed by atoms with Crippen LogP contribution in [0.15, 0.2) is 40.1 Å². The van der Waals surface area contributed by atoms with Gasteiger partial charge in [0, 0.05) is 12.5 Å². The summed E-state index contributed by atoms with van der Waals surface area (Å²) in [5, 5.41) is 0. The summed E-state index contributed by atoms with van der Waals surface area (Å²) in [6.07, 6.45) is 10.5. The Morgan fingerprint density at radius 1 is 1.32 bits per heavy atom. The van der Waals surface area contributed by atoms with Gasteiger partial charge in [0.2, 0.25) is 0 Å². The lowest BCUT2D eigenvalue weighted by molar-refractivity contribution is -0.115. The largest absolute Gasteiger partial charge is 0.370 e. The van der Waals surface area contributed by atoms with Crippen LogP contribution < -0.4 is 11.5 Å². The molecule has 0 aromatic rings. The summed E-state index contributed by atoms with van der Waals surface area (Å²) in [5.74, 6) is -0.224. The number of aliphatic imine (C=N–C) groups is 1. The Morgan fingerprint density at radius 3 is 2.56 bits per heavy atom. The highest BCUT2D eigenvalue weighted by molar-refractivity contribution is 7.85. The van der Waals surface area contributed by atoms with Gasteiger partial charge < -0.3 is 16.4 Å². The summed E-state index contributed by atoms with van der Waals surface area (Å²) in [4.78, 5) is 18.1. The number of hydrogen-bond acceptors (Lipinski definition) is 4. The van der Waals surface area contributed by atoms with Crippen LogP contribution in [0.25, 0.3) is 0 Å². The SMILES string of the molecule is CC1=CC=C2CCCCN3C(C(=O)N=C(N)N)=CC1C23.CS(=O)(=O)O. The Kier molecular flexibility index (Phi) is 5.69. The van der Waals surface area contributed by atoms with Crippen LogP contribution in [0.5, 0.6) is 0 Å². The molecule has 2 atom stereocenters. The van der Waals surface area contributed by atoms with Crippen molar-refractivity contribution in [1.82, 2.24) is 4.90 Å². The van der Waals surface area contributed by atoms with Gasteiger partial charge in [0.25, 0.3) is 16.0 Å². The maximum absolute atomic E-state index is 12.2. The molecule has 3 rings (SSSR count). The van der Waals surface area contributed by atoms with Gasteiger partial charge in [-0.1, -0.05) is 17.7 Å². The predicted octanol–water partition coefficient (Wildman–Crippen LogP) is 0.545. The van der Waals surface area contributed by atoms with Crippen molar-refractivity contribution in [3.63, 3.8) is 0 Å². The van der Waals surface area contributed by atoms with E-state index in [4.69, 9.17) is 16.0 Å². The molecule has 1 fully saturated rings. The average molecular weight is 368 g/mol. The molecule has 3 aliphatic rings. The summed E-state index contributed by atoms with van der Waals surface area (Å²) in [5.41, 5.74) is 14.0. The van der Waals surface area contributed by atoms with Crippen LogP contribution in [0.4, 0.5) is 0 Å². The molecule has 2 heterocycles. The minimum Gasteiger partial charge on any atom is -0.370 e. The minimum absolute atomic E-state index is 0.177. The second-order valence-corrected chi connectivity index (χ2v) is 7.87. The maximum atomic E-state index is 12.2. The van der Waals surface area contributed by atoms with Crippen LogP contribution in [0.2, 0.25) is 0 Å². The van der Waals surface area contributed by atoms with Gasteiger partial charge in [-0.2, -0.15) is 13.4 Å². The summed E-state index contributed by atoms with van der Waals surface area (Å²) in [6, 6.07) is 0.288. The van der Waals surface area contributed by atoms with Crippen molar-refractivity contribution in [2.75, 3.05) is 12.8 Å². The van der Waals surface area contributed by atoms with Crippen molar-refractivity contribution in [1.29, 1.82) is 0 Å². The number of hydrogen-bond donors (Lipinski definition) is 3. The van der Waals surface area contributed by atoms with Crippen LogP contribution in [0.3, 0.4) is 0 Å². The molecule has 5 N–H and O–H groups in total. The minimum atomic E-state index is -3.67. The van der Waals surface area contributed by atoms with Crippen LogP contribution in [0, 0.1) is 5.92 Å². The van der Waals surface area contributed by atoms with Crippen molar-refractivity contribution >= 4 is 22.0 Å². The van der Waals surface area contributed by atoms with E-state index in [1.54, 1.807) is 0 Å². The molecule has 2 aliphatic heterocycles. The molecule has 2 unspecified atom stereocenters.